The second-order valence-electron chi connectivity index (χ2n) is 6.10. The monoisotopic (exact) mass is 379 g/mol. The zero-order valence-corrected chi connectivity index (χ0v) is 16.3. The zero-order chi connectivity index (χ0) is 19.0. The summed E-state index contributed by atoms with van der Waals surface area (Å²) in [6.45, 7) is 2.12. The molecule has 0 N–H and O–H groups in total. The molecule has 0 aliphatic heterocycles. The zero-order valence-electron chi connectivity index (χ0n) is 15.5. The molecule has 0 radical (unpaired) electrons. The highest BCUT2D eigenvalue weighted by atomic mass is 31.2. The van der Waals surface area contributed by atoms with Gasteiger partial charge in [-0.1, -0.05) is 54.6 Å². The Hall–Kier alpha value is -2.48. The van der Waals surface area contributed by atoms with Crippen molar-refractivity contribution in [3.63, 3.8) is 0 Å². The molecular formula is C23H24O3P+. The Labute approximate surface area is 161 Å². The van der Waals surface area contributed by atoms with Crippen molar-refractivity contribution in [2.24, 2.45) is 0 Å². The van der Waals surface area contributed by atoms with Gasteiger partial charge in [-0.05, 0) is 43.3 Å². The largest absolute Gasteiger partial charge is 0.464 e. The molecule has 0 heterocycles. The Balaban J connectivity index is 2.07. The lowest BCUT2D eigenvalue weighted by atomic mass is 10.4. The molecule has 3 aromatic carbocycles. The third kappa shape index (κ3) is 4.44. The van der Waals surface area contributed by atoms with E-state index in [4.69, 9.17) is 9.47 Å². The summed E-state index contributed by atoms with van der Waals surface area (Å²) in [4.78, 5) is 11.8. The molecule has 0 fully saturated rings. The topological polar surface area (TPSA) is 35.5 Å². The number of ether oxygens (including phenoxy) is 2. The predicted molar refractivity (Wildman–Crippen MR) is 113 cm³/mol. The number of hydrogen-bond acceptors (Lipinski definition) is 3. The van der Waals surface area contributed by atoms with Crippen LogP contribution in [0.5, 0.6) is 0 Å². The van der Waals surface area contributed by atoms with Gasteiger partial charge in [0.2, 0.25) is 0 Å². The molecule has 138 valence electrons. The third-order valence-corrected chi connectivity index (χ3v) is 8.51. The number of hydrogen-bond donors (Lipinski definition) is 0. The highest BCUT2D eigenvalue weighted by molar-refractivity contribution is 7.95. The summed E-state index contributed by atoms with van der Waals surface area (Å²) in [5.41, 5.74) is 0. The minimum Gasteiger partial charge on any atom is -0.464 e. The maximum atomic E-state index is 11.8. The molecule has 3 aromatic rings. The molecule has 0 atom stereocenters. The summed E-state index contributed by atoms with van der Waals surface area (Å²) in [6, 6.07) is 31.3. The van der Waals surface area contributed by atoms with E-state index in [1.54, 1.807) is 6.92 Å². The smallest absolute Gasteiger partial charge is 0.332 e. The lowest BCUT2D eigenvalue weighted by molar-refractivity contribution is -0.147. The normalized spacial score (nSPS) is 11.1. The summed E-state index contributed by atoms with van der Waals surface area (Å²) in [6.07, 6.45) is 0.448. The fourth-order valence-corrected chi connectivity index (χ4v) is 6.94. The molecule has 0 spiro atoms. The van der Waals surface area contributed by atoms with Crippen molar-refractivity contribution < 1.29 is 14.3 Å². The van der Waals surface area contributed by atoms with Gasteiger partial charge >= 0.3 is 5.97 Å². The minimum absolute atomic E-state index is 0.0396. The SMILES string of the molecule is CCOC(=O)COC[P+](c1ccccc1)(c1ccccc1)c1ccccc1. The van der Waals surface area contributed by atoms with Gasteiger partial charge in [0.1, 0.15) is 29.8 Å². The summed E-state index contributed by atoms with van der Waals surface area (Å²) >= 11 is 0. The molecule has 0 saturated carbocycles. The molecule has 3 nitrogen and oxygen atoms in total. The fourth-order valence-electron chi connectivity index (χ4n) is 3.19. The first-order valence-corrected chi connectivity index (χ1v) is 11.0. The molecule has 0 aliphatic carbocycles. The van der Waals surface area contributed by atoms with Crippen LogP contribution in [-0.2, 0) is 14.3 Å². The molecular weight excluding hydrogens is 355 g/mol. The van der Waals surface area contributed by atoms with Crippen LogP contribution in [0.3, 0.4) is 0 Å². The average molecular weight is 379 g/mol. The van der Waals surface area contributed by atoms with E-state index in [2.05, 4.69) is 72.8 Å². The van der Waals surface area contributed by atoms with Gasteiger partial charge in [0, 0.05) is 0 Å². The van der Waals surface area contributed by atoms with Crippen LogP contribution in [0, 0.1) is 0 Å². The summed E-state index contributed by atoms with van der Waals surface area (Å²) < 4.78 is 11.0. The van der Waals surface area contributed by atoms with E-state index in [0.29, 0.717) is 13.0 Å². The number of benzene rings is 3. The summed E-state index contributed by atoms with van der Waals surface area (Å²) in [5.74, 6) is -0.329. The average Bonchev–Trinajstić information content (AvgIpc) is 2.73. The van der Waals surface area contributed by atoms with Crippen LogP contribution in [0.1, 0.15) is 6.92 Å². The molecule has 27 heavy (non-hydrogen) atoms. The van der Waals surface area contributed by atoms with Gasteiger partial charge in [0.25, 0.3) is 0 Å². The molecule has 0 bridgehead atoms. The van der Waals surface area contributed by atoms with Gasteiger partial charge in [0.05, 0.1) is 6.61 Å². The van der Waals surface area contributed by atoms with Crippen molar-refractivity contribution >= 4 is 29.1 Å². The Morgan fingerprint density at radius 1 is 0.741 bits per heavy atom. The van der Waals surface area contributed by atoms with Gasteiger partial charge in [-0.15, -0.1) is 0 Å². The Morgan fingerprint density at radius 2 is 1.15 bits per heavy atom. The number of esters is 1. The number of rotatable bonds is 8. The van der Waals surface area contributed by atoms with Gasteiger partial charge in [-0.3, -0.25) is 0 Å². The third-order valence-electron chi connectivity index (χ3n) is 4.40. The van der Waals surface area contributed by atoms with Crippen LogP contribution in [0.2, 0.25) is 0 Å². The van der Waals surface area contributed by atoms with E-state index in [1.807, 2.05) is 18.2 Å². The number of carbonyl (C=O) groups excluding carboxylic acids is 1. The second-order valence-corrected chi connectivity index (χ2v) is 9.53. The molecule has 0 aliphatic rings. The molecule has 0 aromatic heterocycles. The van der Waals surface area contributed by atoms with E-state index in [1.165, 1.54) is 15.9 Å². The maximum Gasteiger partial charge on any atom is 0.332 e. The van der Waals surface area contributed by atoms with Gasteiger partial charge in [-0.25, -0.2) is 4.79 Å². The predicted octanol–water partition coefficient (Wildman–Crippen LogP) is 3.52. The lowest BCUT2D eigenvalue weighted by Crippen LogP contribution is -2.34. The maximum absolute atomic E-state index is 11.8. The van der Waals surface area contributed by atoms with Gasteiger partial charge in [0.15, 0.2) is 6.35 Å². The Bertz CT molecular complexity index is 739. The fraction of sp³-hybridized carbons (Fsp3) is 0.174. The summed E-state index contributed by atoms with van der Waals surface area (Å²) in [5, 5.41) is 3.68. The van der Waals surface area contributed by atoms with E-state index in [9.17, 15) is 4.79 Å². The molecule has 0 amide bonds. The first-order chi connectivity index (χ1) is 13.3. The van der Waals surface area contributed by atoms with E-state index < -0.39 is 7.26 Å². The highest BCUT2D eigenvalue weighted by Crippen LogP contribution is 2.55. The van der Waals surface area contributed by atoms with Crippen molar-refractivity contribution in [1.82, 2.24) is 0 Å². The molecule has 0 unspecified atom stereocenters. The van der Waals surface area contributed by atoms with Crippen molar-refractivity contribution in [1.29, 1.82) is 0 Å². The first kappa shape index (κ1) is 19.3. The van der Waals surface area contributed by atoms with Crippen LogP contribution in [0.15, 0.2) is 91.0 Å². The van der Waals surface area contributed by atoms with E-state index >= 15 is 0 Å². The number of carbonyl (C=O) groups is 1. The first-order valence-electron chi connectivity index (χ1n) is 9.05. The highest BCUT2D eigenvalue weighted by Gasteiger charge is 2.45. The van der Waals surface area contributed by atoms with Crippen LogP contribution < -0.4 is 15.9 Å². The van der Waals surface area contributed by atoms with Crippen molar-refractivity contribution in [2.45, 2.75) is 6.92 Å². The van der Waals surface area contributed by atoms with Gasteiger partial charge in [-0.2, -0.15) is 0 Å². The summed E-state index contributed by atoms with van der Waals surface area (Å²) in [7, 11) is -2.06. The Kier molecular flexibility index (Phi) is 6.75. The standard InChI is InChI=1S/C23H24O3P/c1-2-26-23(24)18-25-19-27(20-12-6-3-7-13-20,21-14-8-4-9-15-21)22-16-10-5-11-17-22/h3-17H,2,18-19H2,1H3/q+1. The minimum atomic E-state index is -2.06. The van der Waals surface area contributed by atoms with Crippen molar-refractivity contribution in [3.05, 3.63) is 91.0 Å². The molecule has 3 rings (SSSR count). The van der Waals surface area contributed by atoms with Crippen molar-refractivity contribution in [2.75, 3.05) is 19.6 Å². The van der Waals surface area contributed by atoms with E-state index in [-0.39, 0.29) is 12.6 Å². The van der Waals surface area contributed by atoms with Crippen LogP contribution >= 0.6 is 7.26 Å². The second kappa shape index (κ2) is 9.45. The van der Waals surface area contributed by atoms with Crippen LogP contribution in [-0.4, -0.2) is 25.5 Å². The van der Waals surface area contributed by atoms with Crippen LogP contribution in [0.4, 0.5) is 0 Å². The quantitative estimate of drug-likeness (QED) is 0.444. The lowest BCUT2D eigenvalue weighted by Gasteiger charge is -2.27. The van der Waals surface area contributed by atoms with Crippen LogP contribution in [0.25, 0.3) is 0 Å². The van der Waals surface area contributed by atoms with Gasteiger partial charge < -0.3 is 9.47 Å². The van der Waals surface area contributed by atoms with E-state index in [0.717, 1.165) is 0 Å². The molecule has 0 saturated heterocycles. The van der Waals surface area contributed by atoms with Crippen molar-refractivity contribution in [3.8, 4) is 0 Å². The Morgan fingerprint density at radius 3 is 1.52 bits per heavy atom. The molecule has 4 heteroatoms.